The fraction of sp³-hybridized carbons (Fsp3) is 0.600. The lowest BCUT2D eigenvalue weighted by molar-refractivity contribution is -0.123. The zero-order chi connectivity index (χ0) is 18.2. The molecule has 25 heavy (non-hydrogen) atoms. The number of carbonyl (C=O) groups is 2. The first-order valence-corrected chi connectivity index (χ1v) is 9.33. The highest BCUT2D eigenvalue weighted by Crippen LogP contribution is 2.16. The van der Waals surface area contributed by atoms with E-state index in [1.807, 2.05) is 6.92 Å². The van der Waals surface area contributed by atoms with Crippen molar-refractivity contribution in [2.75, 3.05) is 26.2 Å². The number of hydrogen-bond acceptors (Lipinski definition) is 3. The molecular formula is C20H31N3O2. The Balaban J connectivity index is 1.79. The Morgan fingerprint density at radius 3 is 2.64 bits per heavy atom. The second-order valence-electron chi connectivity index (χ2n) is 7.06. The highest BCUT2D eigenvalue weighted by atomic mass is 16.2. The zero-order valence-electron chi connectivity index (χ0n) is 15.7. The predicted molar refractivity (Wildman–Crippen MR) is 100 cm³/mol. The molecule has 2 rings (SSSR count). The number of aryl methyl sites for hydroxylation is 1. The molecule has 2 atom stereocenters. The highest BCUT2D eigenvalue weighted by Gasteiger charge is 2.22. The largest absolute Gasteiger partial charge is 0.356 e. The summed E-state index contributed by atoms with van der Waals surface area (Å²) in [7, 11) is 0. The minimum Gasteiger partial charge on any atom is -0.356 e. The molecule has 1 saturated heterocycles. The van der Waals surface area contributed by atoms with E-state index in [2.05, 4.69) is 46.7 Å². The first kappa shape index (κ1) is 19.4. The molecular weight excluding hydrogens is 314 g/mol. The van der Waals surface area contributed by atoms with Gasteiger partial charge in [-0.15, -0.1) is 0 Å². The summed E-state index contributed by atoms with van der Waals surface area (Å²) in [5, 5.41) is 5.98. The minimum atomic E-state index is 0.0118. The van der Waals surface area contributed by atoms with E-state index in [-0.39, 0.29) is 17.9 Å². The molecule has 0 bridgehead atoms. The third-order valence-electron chi connectivity index (χ3n) is 4.88. The minimum absolute atomic E-state index is 0.0118. The van der Waals surface area contributed by atoms with Crippen LogP contribution in [0.15, 0.2) is 24.3 Å². The molecule has 1 aliphatic heterocycles. The van der Waals surface area contributed by atoms with Crippen LogP contribution in [0.2, 0.25) is 0 Å². The van der Waals surface area contributed by atoms with Gasteiger partial charge in [0.15, 0.2) is 0 Å². The summed E-state index contributed by atoms with van der Waals surface area (Å²) in [5.41, 5.74) is 2.44. The maximum Gasteiger partial charge on any atom is 0.234 e. The van der Waals surface area contributed by atoms with E-state index in [1.54, 1.807) is 6.92 Å². The van der Waals surface area contributed by atoms with Gasteiger partial charge in [-0.3, -0.25) is 14.5 Å². The van der Waals surface area contributed by atoms with Gasteiger partial charge in [-0.1, -0.05) is 31.2 Å². The van der Waals surface area contributed by atoms with E-state index in [1.165, 1.54) is 5.56 Å². The van der Waals surface area contributed by atoms with Gasteiger partial charge in [0, 0.05) is 20.0 Å². The number of hydrogen-bond donors (Lipinski definition) is 2. The van der Waals surface area contributed by atoms with E-state index in [0.29, 0.717) is 19.0 Å². The summed E-state index contributed by atoms with van der Waals surface area (Å²) in [6.45, 7) is 8.65. The molecule has 2 unspecified atom stereocenters. The number of likely N-dealkylation sites (tertiary alicyclic amines) is 1. The van der Waals surface area contributed by atoms with Gasteiger partial charge in [0.05, 0.1) is 12.6 Å². The summed E-state index contributed by atoms with van der Waals surface area (Å²) in [5.74, 6) is 0.509. The average Bonchev–Trinajstić information content (AvgIpc) is 2.60. The normalized spacial score (nSPS) is 19.2. The van der Waals surface area contributed by atoms with E-state index < -0.39 is 0 Å². The van der Waals surface area contributed by atoms with Gasteiger partial charge >= 0.3 is 0 Å². The quantitative estimate of drug-likeness (QED) is 0.797. The van der Waals surface area contributed by atoms with Crippen LogP contribution in [0.1, 0.15) is 50.8 Å². The Labute approximate surface area is 151 Å². The van der Waals surface area contributed by atoms with Crippen LogP contribution in [0.5, 0.6) is 0 Å². The third kappa shape index (κ3) is 6.50. The standard InChI is InChI=1S/C20H31N3O2/c1-4-17-7-9-19(10-8-17)15(2)22-20(25)14-23-11-5-6-18(13-23)12-21-16(3)24/h7-10,15,18H,4-6,11-14H2,1-3H3,(H,21,24)(H,22,25). The van der Waals surface area contributed by atoms with E-state index >= 15 is 0 Å². The van der Waals surface area contributed by atoms with E-state index in [0.717, 1.165) is 37.9 Å². The van der Waals surface area contributed by atoms with Crippen molar-refractivity contribution in [3.05, 3.63) is 35.4 Å². The van der Waals surface area contributed by atoms with Gasteiger partial charge < -0.3 is 10.6 Å². The van der Waals surface area contributed by atoms with Gasteiger partial charge in [-0.2, -0.15) is 0 Å². The van der Waals surface area contributed by atoms with Gasteiger partial charge in [-0.05, 0) is 49.8 Å². The van der Waals surface area contributed by atoms with Gasteiger partial charge in [0.1, 0.15) is 0 Å². The monoisotopic (exact) mass is 345 g/mol. The van der Waals surface area contributed by atoms with E-state index in [9.17, 15) is 9.59 Å². The number of piperidine rings is 1. The van der Waals surface area contributed by atoms with Crippen LogP contribution in [-0.2, 0) is 16.0 Å². The molecule has 0 saturated carbocycles. The maximum absolute atomic E-state index is 12.4. The Kier molecular flexibility index (Phi) is 7.44. The van der Waals surface area contributed by atoms with Crippen molar-refractivity contribution < 1.29 is 9.59 Å². The smallest absolute Gasteiger partial charge is 0.234 e. The third-order valence-corrected chi connectivity index (χ3v) is 4.88. The predicted octanol–water partition coefficient (Wildman–Crippen LogP) is 2.27. The van der Waals surface area contributed by atoms with Crippen LogP contribution in [-0.4, -0.2) is 42.9 Å². The molecule has 2 N–H and O–H groups in total. The molecule has 138 valence electrons. The first-order chi connectivity index (χ1) is 12.0. The molecule has 1 aliphatic rings. The number of amides is 2. The number of benzene rings is 1. The lowest BCUT2D eigenvalue weighted by Crippen LogP contribution is -2.45. The number of nitrogens with one attached hydrogen (secondary N) is 2. The fourth-order valence-corrected chi connectivity index (χ4v) is 3.37. The average molecular weight is 345 g/mol. The molecule has 1 aromatic rings. The fourth-order valence-electron chi connectivity index (χ4n) is 3.37. The molecule has 0 aromatic heterocycles. The molecule has 1 aromatic carbocycles. The molecule has 0 spiro atoms. The molecule has 2 amide bonds. The topological polar surface area (TPSA) is 61.4 Å². The van der Waals surface area contributed by atoms with Crippen LogP contribution in [0.3, 0.4) is 0 Å². The van der Waals surface area contributed by atoms with Crippen molar-refractivity contribution >= 4 is 11.8 Å². The first-order valence-electron chi connectivity index (χ1n) is 9.33. The van der Waals surface area contributed by atoms with Crippen LogP contribution in [0.4, 0.5) is 0 Å². The molecule has 5 nitrogen and oxygen atoms in total. The molecule has 0 radical (unpaired) electrons. The highest BCUT2D eigenvalue weighted by molar-refractivity contribution is 5.78. The lowest BCUT2D eigenvalue weighted by atomic mass is 9.98. The van der Waals surface area contributed by atoms with Gasteiger partial charge in [0.25, 0.3) is 0 Å². The summed E-state index contributed by atoms with van der Waals surface area (Å²) < 4.78 is 0. The second kappa shape index (κ2) is 9.56. The molecule has 1 fully saturated rings. The molecule has 1 heterocycles. The Morgan fingerprint density at radius 2 is 2.00 bits per heavy atom. The summed E-state index contributed by atoms with van der Waals surface area (Å²) in [6.07, 6.45) is 3.21. The summed E-state index contributed by atoms with van der Waals surface area (Å²) in [6, 6.07) is 8.44. The second-order valence-corrected chi connectivity index (χ2v) is 7.06. The number of rotatable bonds is 7. The molecule has 5 heteroatoms. The molecule has 0 aliphatic carbocycles. The van der Waals surface area contributed by atoms with Crippen LogP contribution in [0.25, 0.3) is 0 Å². The van der Waals surface area contributed by atoms with Crippen molar-refractivity contribution in [3.63, 3.8) is 0 Å². The number of nitrogens with zero attached hydrogens (tertiary/aromatic N) is 1. The van der Waals surface area contributed by atoms with Crippen LogP contribution < -0.4 is 10.6 Å². The lowest BCUT2D eigenvalue weighted by Gasteiger charge is -2.32. The number of carbonyl (C=O) groups excluding carboxylic acids is 2. The maximum atomic E-state index is 12.4. The van der Waals surface area contributed by atoms with Gasteiger partial charge in [-0.25, -0.2) is 0 Å². The Hall–Kier alpha value is -1.88. The van der Waals surface area contributed by atoms with Crippen molar-refractivity contribution in [1.29, 1.82) is 0 Å². The zero-order valence-corrected chi connectivity index (χ0v) is 15.7. The van der Waals surface area contributed by atoms with Gasteiger partial charge in [0.2, 0.25) is 11.8 Å². The summed E-state index contributed by atoms with van der Waals surface area (Å²) >= 11 is 0. The van der Waals surface area contributed by atoms with Crippen molar-refractivity contribution in [2.45, 2.75) is 46.1 Å². The summed E-state index contributed by atoms with van der Waals surface area (Å²) in [4.78, 5) is 25.6. The van der Waals surface area contributed by atoms with Crippen LogP contribution >= 0.6 is 0 Å². The van der Waals surface area contributed by atoms with Crippen molar-refractivity contribution in [1.82, 2.24) is 15.5 Å². The Bertz CT molecular complexity index is 571. The SMILES string of the molecule is CCc1ccc(C(C)NC(=O)CN2CCCC(CNC(C)=O)C2)cc1. The van der Waals surface area contributed by atoms with Crippen LogP contribution in [0, 0.1) is 5.92 Å². The van der Waals surface area contributed by atoms with Crippen molar-refractivity contribution in [2.24, 2.45) is 5.92 Å². The Morgan fingerprint density at radius 1 is 1.28 bits per heavy atom. The van der Waals surface area contributed by atoms with Crippen molar-refractivity contribution in [3.8, 4) is 0 Å². The van der Waals surface area contributed by atoms with E-state index in [4.69, 9.17) is 0 Å².